The summed E-state index contributed by atoms with van der Waals surface area (Å²) in [6.45, 7) is 7.20. The van der Waals surface area contributed by atoms with Gasteiger partial charge in [-0.25, -0.2) is 4.79 Å². The Balaban J connectivity index is 4.67. The van der Waals surface area contributed by atoms with Crippen LogP contribution < -0.4 is 5.32 Å². The maximum atomic E-state index is 11.6. The molecule has 0 aliphatic heterocycles. The van der Waals surface area contributed by atoms with Crippen molar-refractivity contribution < 1.29 is 14.3 Å². The second-order valence-electron chi connectivity index (χ2n) is 3.19. The van der Waals surface area contributed by atoms with E-state index in [1.165, 1.54) is 6.92 Å². The molecule has 0 saturated heterocycles. The van der Waals surface area contributed by atoms with Crippen LogP contribution in [-0.2, 0) is 14.3 Å². The van der Waals surface area contributed by atoms with Gasteiger partial charge in [0.25, 0.3) is 0 Å². The third kappa shape index (κ3) is 3.01. The van der Waals surface area contributed by atoms with Crippen molar-refractivity contribution in [3.63, 3.8) is 0 Å². The minimum atomic E-state index is -0.845. The van der Waals surface area contributed by atoms with Crippen LogP contribution in [0, 0.1) is 0 Å². The van der Waals surface area contributed by atoms with Crippen molar-refractivity contribution in [2.24, 2.45) is 0 Å². The summed E-state index contributed by atoms with van der Waals surface area (Å²) in [6, 6.07) is 0. The summed E-state index contributed by atoms with van der Waals surface area (Å²) < 4.78 is 4.94. The smallest absolute Gasteiger partial charge is 0.331 e. The molecule has 0 heterocycles. The average Bonchev–Trinajstić information content (AvgIpc) is 2.14. The Hall–Kier alpha value is -1.06. The summed E-state index contributed by atoms with van der Waals surface area (Å²) in [5.41, 5.74) is -0.845. The van der Waals surface area contributed by atoms with Gasteiger partial charge in [0.2, 0.25) is 5.91 Å². The maximum absolute atomic E-state index is 11.6. The summed E-state index contributed by atoms with van der Waals surface area (Å²) in [7, 11) is 0. The quantitative estimate of drug-likeness (QED) is 0.681. The molecule has 0 aliphatic rings. The van der Waals surface area contributed by atoms with E-state index >= 15 is 0 Å². The fourth-order valence-electron chi connectivity index (χ4n) is 1.37. The van der Waals surface area contributed by atoms with E-state index in [1.807, 2.05) is 13.8 Å². The third-order valence-corrected chi connectivity index (χ3v) is 2.29. The number of carbonyl (C=O) groups is 2. The van der Waals surface area contributed by atoms with Gasteiger partial charge < -0.3 is 10.1 Å². The maximum Gasteiger partial charge on any atom is 0.331 e. The van der Waals surface area contributed by atoms with E-state index in [2.05, 4.69) is 5.32 Å². The molecule has 1 amide bonds. The summed E-state index contributed by atoms with van der Waals surface area (Å²) >= 11 is 0. The lowest BCUT2D eigenvalue weighted by molar-refractivity contribution is -0.153. The van der Waals surface area contributed by atoms with Gasteiger partial charge in [0.05, 0.1) is 6.61 Å². The lowest BCUT2D eigenvalue weighted by Crippen LogP contribution is -2.53. The summed E-state index contributed by atoms with van der Waals surface area (Å²) in [5, 5.41) is 2.66. The number of amides is 1. The largest absolute Gasteiger partial charge is 0.464 e. The molecule has 0 aromatic carbocycles. The zero-order chi connectivity index (χ0) is 11.2. The number of rotatable bonds is 5. The Labute approximate surface area is 85.0 Å². The first kappa shape index (κ1) is 12.9. The fraction of sp³-hybridized carbons (Fsp3) is 0.800. The van der Waals surface area contributed by atoms with Gasteiger partial charge in [-0.15, -0.1) is 0 Å². The molecule has 0 unspecified atom stereocenters. The number of carbonyl (C=O) groups excluding carboxylic acids is 2. The Morgan fingerprint density at radius 3 is 2.00 bits per heavy atom. The van der Waals surface area contributed by atoms with E-state index in [1.54, 1.807) is 6.92 Å². The van der Waals surface area contributed by atoms with Gasteiger partial charge in [0, 0.05) is 6.92 Å². The zero-order valence-electron chi connectivity index (χ0n) is 9.35. The monoisotopic (exact) mass is 201 g/mol. The lowest BCUT2D eigenvalue weighted by atomic mass is 9.93. The molecule has 4 nitrogen and oxygen atoms in total. The van der Waals surface area contributed by atoms with Gasteiger partial charge in [0.1, 0.15) is 5.54 Å². The molecule has 0 spiro atoms. The molecule has 0 aromatic heterocycles. The standard InChI is InChI=1S/C10H19NO3/c1-5-10(6-2,11-8(4)12)9(13)14-7-3/h5-7H2,1-4H3,(H,11,12). The number of ether oxygens (including phenoxy) is 1. The molecule has 4 heteroatoms. The van der Waals surface area contributed by atoms with Crippen molar-refractivity contribution in [3.05, 3.63) is 0 Å². The van der Waals surface area contributed by atoms with Crippen LogP contribution >= 0.6 is 0 Å². The van der Waals surface area contributed by atoms with E-state index < -0.39 is 5.54 Å². The highest BCUT2D eigenvalue weighted by Crippen LogP contribution is 2.17. The Kier molecular flexibility index (Phi) is 5.20. The van der Waals surface area contributed by atoms with Gasteiger partial charge in [0.15, 0.2) is 0 Å². The average molecular weight is 201 g/mol. The van der Waals surface area contributed by atoms with E-state index in [0.29, 0.717) is 19.4 Å². The fourth-order valence-corrected chi connectivity index (χ4v) is 1.37. The van der Waals surface area contributed by atoms with Gasteiger partial charge in [-0.3, -0.25) is 4.79 Å². The van der Waals surface area contributed by atoms with Gasteiger partial charge >= 0.3 is 5.97 Å². The molecule has 1 N–H and O–H groups in total. The van der Waals surface area contributed by atoms with Crippen LogP contribution in [0.3, 0.4) is 0 Å². The first-order chi connectivity index (χ1) is 6.52. The molecular weight excluding hydrogens is 182 g/mol. The first-order valence-corrected chi connectivity index (χ1v) is 4.98. The van der Waals surface area contributed by atoms with Gasteiger partial charge in [-0.1, -0.05) is 13.8 Å². The Morgan fingerprint density at radius 1 is 1.21 bits per heavy atom. The summed E-state index contributed by atoms with van der Waals surface area (Å²) in [6.07, 6.45) is 1.09. The zero-order valence-corrected chi connectivity index (χ0v) is 9.35. The van der Waals surface area contributed by atoms with Crippen LogP contribution in [0.5, 0.6) is 0 Å². The molecule has 0 bridgehead atoms. The number of hydrogen-bond acceptors (Lipinski definition) is 3. The van der Waals surface area contributed by atoms with Crippen LogP contribution in [0.2, 0.25) is 0 Å². The highest BCUT2D eigenvalue weighted by Gasteiger charge is 2.36. The van der Waals surface area contributed by atoms with Gasteiger partial charge in [-0.2, -0.15) is 0 Å². The Morgan fingerprint density at radius 2 is 1.71 bits per heavy atom. The van der Waals surface area contributed by atoms with Crippen molar-refractivity contribution in [1.82, 2.24) is 5.32 Å². The Bertz CT molecular complexity index is 209. The minimum Gasteiger partial charge on any atom is -0.464 e. The van der Waals surface area contributed by atoms with E-state index in [-0.39, 0.29) is 11.9 Å². The molecule has 0 aliphatic carbocycles. The van der Waals surface area contributed by atoms with Crippen molar-refractivity contribution in [2.75, 3.05) is 6.61 Å². The van der Waals surface area contributed by atoms with Crippen LogP contribution in [0.15, 0.2) is 0 Å². The van der Waals surface area contributed by atoms with Crippen LogP contribution in [0.25, 0.3) is 0 Å². The predicted octanol–water partition coefficient (Wildman–Crippen LogP) is 1.24. The molecule has 0 fully saturated rings. The van der Waals surface area contributed by atoms with Crippen molar-refractivity contribution in [3.8, 4) is 0 Å². The second kappa shape index (κ2) is 5.62. The number of esters is 1. The second-order valence-corrected chi connectivity index (χ2v) is 3.19. The number of nitrogens with one attached hydrogen (secondary N) is 1. The lowest BCUT2D eigenvalue weighted by Gasteiger charge is -2.29. The molecule has 0 aromatic rings. The minimum absolute atomic E-state index is 0.207. The first-order valence-electron chi connectivity index (χ1n) is 4.98. The molecule has 0 saturated carbocycles. The van der Waals surface area contributed by atoms with E-state index in [9.17, 15) is 9.59 Å². The van der Waals surface area contributed by atoms with Crippen molar-refractivity contribution >= 4 is 11.9 Å². The molecule has 0 rings (SSSR count). The normalized spacial score (nSPS) is 10.9. The van der Waals surface area contributed by atoms with E-state index in [4.69, 9.17) is 4.74 Å². The van der Waals surface area contributed by atoms with Crippen LogP contribution in [-0.4, -0.2) is 24.0 Å². The predicted molar refractivity (Wildman–Crippen MR) is 53.8 cm³/mol. The molecular formula is C10H19NO3. The van der Waals surface area contributed by atoms with Crippen LogP contribution in [0.1, 0.15) is 40.5 Å². The summed E-state index contributed by atoms with van der Waals surface area (Å²) in [4.78, 5) is 22.6. The third-order valence-electron chi connectivity index (χ3n) is 2.29. The molecule has 0 radical (unpaired) electrons. The van der Waals surface area contributed by atoms with Gasteiger partial charge in [-0.05, 0) is 19.8 Å². The summed E-state index contributed by atoms with van der Waals surface area (Å²) in [5.74, 6) is -0.554. The highest BCUT2D eigenvalue weighted by molar-refractivity contribution is 5.87. The van der Waals surface area contributed by atoms with Crippen molar-refractivity contribution in [2.45, 2.75) is 46.1 Å². The molecule has 14 heavy (non-hydrogen) atoms. The van der Waals surface area contributed by atoms with E-state index in [0.717, 1.165) is 0 Å². The SMILES string of the molecule is CCOC(=O)C(CC)(CC)NC(C)=O. The topological polar surface area (TPSA) is 55.4 Å². The number of hydrogen-bond donors (Lipinski definition) is 1. The highest BCUT2D eigenvalue weighted by atomic mass is 16.5. The molecule has 82 valence electrons. The van der Waals surface area contributed by atoms with Crippen molar-refractivity contribution in [1.29, 1.82) is 0 Å². The molecule has 0 atom stereocenters. The van der Waals surface area contributed by atoms with Crippen LogP contribution in [0.4, 0.5) is 0 Å².